The van der Waals surface area contributed by atoms with Crippen molar-refractivity contribution >= 4 is 87.2 Å². The van der Waals surface area contributed by atoms with Gasteiger partial charge in [0, 0.05) is 31.3 Å². The van der Waals surface area contributed by atoms with E-state index in [1.54, 1.807) is 12.4 Å². The van der Waals surface area contributed by atoms with Crippen molar-refractivity contribution in [3.05, 3.63) is 50.7 Å². The Morgan fingerprint density at radius 3 is 1.18 bits per heavy atom. The van der Waals surface area contributed by atoms with Crippen LogP contribution in [0.1, 0.15) is 145 Å². The van der Waals surface area contributed by atoms with E-state index in [-0.39, 0.29) is 12.1 Å². The number of rotatable bonds is 4. The average molecular weight is 1110 g/mol. The zero-order chi connectivity index (χ0) is 52.9. The molecule has 6 aliphatic rings. The molecule has 0 amide bonds. The highest BCUT2D eigenvalue weighted by molar-refractivity contribution is 6.33. The molecule has 3 saturated carbocycles. The molecule has 76 heavy (non-hydrogen) atoms. The molecule has 6 aromatic rings. The Morgan fingerprint density at radius 2 is 0.829 bits per heavy atom. The summed E-state index contributed by atoms with van der Waals surface area (Å²) in [4.78, 5) is 26.2. The predicted molar refractivity (Wildman–Crippen MR) is 294 cm³/mol. The highest BCUT2D eigenvalue weighted by atomic mass is 35.5. The molecule has 25 heteroatoms. The van der Waals surface area contributed by atoms with Gasteiger partial charge < -0.3 is 46.1 Å². The maximum Gasteiger partial charge on any atom is 0.257 e. The quantitative estimate of drug-likeness (QED) is 0.0964. The second-order valence-electron chi connectivity index (χ2n) is 20.5. The molecule has 21 nitrogen and oxygen atoms in total. The van der Waals surface area contributed by atoms with Crippen LogP contribution in [-0.4, -0.2) is 104 Å². The van der Waals surface area contributed by atoms with Crippen molar-refractivity contribution in [2.45, 2.75) is 167 Å². The molecule has 9 heterocycles. The van der Waals surface area contributed by atoms with E-state index in [4.69, 9.17) is 59.2 Å². The van der Waals surface area contributed by atoms with E-state index in [1.165, 1.54) is 70.4 Å². The first-order valence-corrected chi connectivity index (χ1v) is 27.9. The molecule has 6 bridgehead atoms. The van der Waals surface area contributed by atoms with Crippen molar-refractivity contribution < 1.29 is 18.6 Å². The number of hydrogen-bond donors (Lipinski definition) is 6. The molecule has 6 aromatic heterocycles. The number of aromatic nitrogens is 12. The van der Waals surface area contributed by atoms with Crippen molar-refractivity contribution in [2.24, 2.45) is 0 Å². The molecular formula is C51H68Cl3FN18O3. The van der Waals surface area contributed by atoms with E-state index in [1.807, 2.05) is 6.92 Å². The van der Waals surface area contributed by atoms with E-state index in [0.717, 1.165) is 59.8 Å². The number of hydrogen-bond acceptors (Lipinski definition) is 18. The van der Waals surface area contributed by atoms with Gasteiger partial charge in [0.05, 0.1) is 79.7 Å². The van der Waals surface area contributed by atoms with Gasteiger partial charge >= 0.3 is 0 Å². The smallest absolute Gasteiger partial charge is 0.257 e. The second kappa shape index (κ2) is 24.0. The van der Waals surface area contributed by atoms with Crippen LogP contribution in [-0.2, 0) is 0 Å². The van der Waals surface area contributed by atoms with Crippen LogP contribution in [0.5, 0.6) is 17.6 Å². The molecule has 3 unspecified atom stereocenters. The largest absolute Gasteiger partial charge is 0.475 e. The Morgan fingerprint density at radius 1 is 0.487 bits per heavy atom. The number of anilines is 9. The minimum Gasteiger partial charge on any atom is -0.475 e. The summed E-state index contributed by atoms with van der Waals surface area (Å²) < 4.78 is 37.5. The Kier molecular flexibility index (Phi) is 16.9. The van der Waals surface area contributed by atoms with Crippen LogP contribution >= 0.6 is 34.8 Å². The summed E-state index contributed by atoms with van der Waals surface area (Å²) in [6.45, 7) is 11.2. The fourth-order valence-corrected chi connectivity index (χ4v) is 10.7. The van der Waals surface area contributed by atoms with Crippen LogP contribution in [0.3, 0.4) is 0 Å². The van der Waals surface area contributed by atoms with Gasteiger partial charge in [0.2, 0.25) is 17.8 Å². The normalized spacial score (nSPS) is 20.7. The van der Waals surface area contributed by atoms with E-state index in [2.05, 4.69) is 109 Å². The fraction of sp³-hybridized carbons (Fsp3) is 0.588. The fourth-order valence-electron chi connectivity index (χ4n) is 10.3. The van der Waals surface area contributed by atoms with Crippen LogP contribution in [0.2, 0.25) is 15.1 Å². The van der Waals surface area contributed by atoms with Gasteiger partial charge in [-0.05, 0) is 79.6 Å². The number of nitrogens with one attached hydrogen (secondary N) is 6. The summed E-state index contributed by atoms with van der Waals surface area (Å²) in [6, 6.07) is 1.23. The molecule has 3 aliphatic carbocycles. The van der Waals surface area contributed by atoms with Crippen LogP contribution in [0.15, 0.2) is 18.6 Å². The first kappa shape index (κ1) is 53.3. The lowest BCUT2D eigenvalue weighted by atomic mass is 9.93. The Balaban J connectivity index is 0.000000130. The molecule has 408 valence electrons. The van der Waals surface area contributed by atoms with E-state index < -0.39 is 12.7 Å². The van der Waals surface area contributed by atoms with Crippen molar-refractivity contribution in [1.82, 2.24) is 59.2 Å². The lowest BCUT2D eigenvalue weighted by Crippen LogP contribution is -2.25. The summed E-state index contributed by atoms with van der Waals surface area (Å²) in [5, 5.41) is 34.9. The van der Waals surface area contributed by atoms with Gasteiger partial charge in [0.25, 0.3) is 17.6 Å². The zero-order valence-electron chi connectivity index (χ0n) is 43.7. The van der Waals surface area contributed by atoms with Crippen molar-refractivity contribution in [2.75, 3.05) is 58.4 Å². The van der Waals surface area contributed by atoms with Gasteiger partial charge in [-0.25, -0.2) is 19.3 Å². The number of fused-ring (bicyclic) bond motifs is 9. The highest BCUT2D eigenvalue weighted by Crippen LogP contribution is 2.41. The standard InChI is InChI=1S/C18H24ClFN6O.C17H23ClN6O.C16H21ClN6O/c1-11-15-17(25-26(11)13-5-3-2-4-6-13)27-8-7-12(9-20)22-16-14(19)10-21-18(23-15)24-16;1-10-7-8-25-16-14(11(2)24(23-16)12-5-3-4-6-12)21-17-19-9-13(18)15(20-10)22-17;1-9-6-7-24-15-13(10(2)23(22-15)11-4-3-5-11)20-16-18-8-12(17)14(19-9)21-16/h10,12-13H,2-9H2,1H3,(H2,21,22,23,24);9-10,12H,3-8H2,1-2H3,(H2,19,20,21,22);8-9,11H,3-7H2,1-2H3,(H2,18,19,20,21). The molecule has 0 radical (unpaired) electrons. The van der Waals surface area contributed by atoms with Crippen molar-refractivity contribution in [3.8, 4) is 17.6 Å². The lowest BCUT2D eigenvalue weighted by Gasteiger charge is -2.26. The van der Waals surface area contributed by atoms with Gasteiger partial charge in [-0.3, -0.25) is 14.0 Å². The van der Waals surface area contributed by atoms with E-state index in [0.29, 0.717) is 112 Å². The average Bonchev–Trinajstić information content (AvgIpc) is 4.19. The number of halogens is 4. The van der Waals surface area contributed by atoms with Crippen LogP contribution in [0.4, 0.5) is 56.8 Å². The van der Waals surface area contributed by atoms with E-state index in [9.17, 15) is 4.39 Å². The monoisotopic (exact) mass is 1100 g/mol. The van der Waals surface area contributed by atoms with Crippen LogP contribution in [0, 0.1) is 20.8 Å². The molecule has 0 spiro atoms. The molecule has 3 aliphatic heterocycles. The lowest BCUT2D eigenvalue weighted by molar-refractivity contribution is 0.259. The first-order chi connectivity index (χ1) is 36.9. The number of ether oxygens (including phenoxy) is 3. The zero-order valence-corrected chi connectivity index (χ0v) is 46.0. The van der Waals surface area contributed by atoms with Crippen molar-refractivity contribution in [1.29, 1.82) is 0 Å². The second-order valence-corrected chi connectivity index (χ2v) is 21.7. The van der Waals surface area contributed by atoms with Crippen LogP contribution < -0.4 is 46.1 Å². The third-order valence-electron chi connectivity index (χ3n) is 14.9. The number of nitrogens with zero attached hydrogens (tertiary/aromatic N) is 12. The van der Waals surface area contributed by atoms with Gasteiger partial charge in [0.1, 0.15) is 38.8 Å². The molecule has 0 aromatic carbocycles. The molecule has 3 fully saturated rings. The highest BCUT2D eigenvalue weighted by Gasteiger charge is 2.30. The summed E-state index contributed by atoms with van der Waals surface area (Å²) in [6.07, 6.45) is 21.3. The van der Waals surface area contributed by atoms with Gasteiger partial charge in [0.15, 0.2) is 17.5 Å². The van der Waals surface area contributed by atoms with Crippen molar-refractivity contribution in [3.63, 3.8) is 0 Å². The maximum absolute atomic E-state index is 13.4. The van der Waals surface area contributed by atoms with E-state index >= 15 is 0 Å². The molecule has 0 saturated heterocycles. The molecule has 6 N–H and O–H groups in total. The predicted octanol–water partition coefficient (Wildman–Crippen LogP) is 12.2. The molecular weight excluding hydrogens is 1040 g/mol. The topological polar surface area (TPSA) is 231 Å². The van der Waals surface area contributed by atoms with Gasteiger partial charge in [-0.1, -0.05) is 66.9 Å². The maximum atomic E-state index is 13.4. The minimum absolute atomic E-state index is 0.180. The summed E-state index contributed by atoms with van der Waals surface area (Å²) in [7, 11) is 0. The Labute approximate surface area is 456 Å². The Hall–Kier alpha value is -6.13. The third-order valence-corrected chi connectivity index (χ3v) is 15.7. The first-order valence-electron chi connectivity index (χ1n) is 26.8. The summed E-state index contributed by atoms with van der Waals surface area (Å²) in [5.41, 5.74) is 5.54. The minimum atomic E-state index is -0.547. The Bertz CT molecular complexity index is 2960. The third kappa shape index (κ3) is 12.2. The molecule has 12 rings (SSSR count). The summed E-state index contributed by atoms with van der Waals surface area (Å²) >= 11 is 18.6. The van der Waals surface area contributed by atoms with Gasteiger partial charge in [-0.2, -0.15) is 15.0 Å². The SMILES string of the molecule is Cc1c2c(nn1C1CCC1)OCCC(C)Nc1nc(ncc1Cl)N2.Cc1c2c(nn1C1CCCC1)OCCC(C)Nc1nc(ncc1Cl)N2.Cc1c2c(nn1C1CCCCC1)OCCC(CF)Nc1nc(ncc1Cl)N2. The molecule has 3 atom stereocenters. The van der Waals surface area contributed by atoms with Gasteiger partial charge in [-0.15, -0.1) is 15.3 Å². The van der Waals surface area contributed by atoms with Crippen LogP contribution in [0.25, 0.3) is 0 Å². The number of alkyl halides is 1. The summed E-state index contributed by atoms with van der Waals surface area (Å²) in [5.74, 6) is 4.78.